The molecule has 0 aliphatic heterocycles. The third kappa shape index (κ3) is 7.44. The number of hydrogen-bond acceptors (Lipinski definition) is 6. The Kier molecular flexibility index (Phi) is 9.72. The van der Waals surface area contributed by atoms with Gasteiger partial charge < -0.3 is 19.0 Å². The minimum absolute atomic E-state index is 0.305. The maximum Gasteiger partial charge on any atom is 0.335 e. The highest BCUT2D eigenvalue weighted by Gasteiger charge is 2.20. The monoisotopic (exact) mass is 403 g/mol. The quantitative estimate of drug-likeness (QED) is 0.416. The SMILES string of the molecule is CCOC(=O)C(Cc1ccc(NCCc2ccc(OSC)cc2)cc1)OCC. The molecule has 2 rings (SSSR count). The summed E-state index contributed by atoms with van der Waals surface area (Å²) in [7, 11) is 0. The topological polar surface area (TPSA) is 56.8 Å². The number of ether oxygens (including phenoxy) is 2. The minimum atomic E-state index is -0.554. The van der Waals surface area contributed by atoms with Crippen LogP contribution in [0, 0.1) is 0 Å². The molecular formula is C22H29NO4S. The van der Waals surface area contributed by atoms with Gasteiger partial charge >= 0.3 is 5.97 Å². The fraction of sp³-hybridized carbons (Fsp3) is 0.409. The van der Waals surface area contributed by atoms with E-state index in [0.29, 0.717) is 19.6 Å². The Morgan fingerprint density at radius 2 is 1.68 bits per heavy atom. The molecule has 1 N–H and O–H groups in total. The summed E-state index contributed by atoms with van der Waals surface area (Å²) in [5.41, 5.74) is 3.35. The number of hydrogen-bond donors (Lipinski definition) is 1. The van der Waals surface area contributed by atoms with Crippen LogP contribution < -0.4 is 9.50 Å². The molecular weight excluding hydrogens is 374 g/mol. The molecule has 0 bridgehead atoms. The van der Waals surface area contributed by atoms with Gasteiger partial charge in [-0.2, -0.15) is 0 Å². The Labute approximate surface area is 172 Å². The third-order valence-corrected chi connectivity index (χ3v) is 4.50. The predicted molar refractivity (Wildman–Crippen MR) is 115 cm³/mol. The van der Waals surface area contributed by atoms with Crippen LogP contribution in [0.2, 0.25) is 0 Å². The van der Waals surface area contributed by atoms with Crippen molar-refractivity contribution in [1.82, 2.24) is 0 Å². The molecule has 0 heterocycles. The average molecular weight is 404 g/mol. The molecule has 0 spiro atoms. The Balaban J connectivity index is 1.82. The second-order valence-corrected chi connectivity index (χ2v) is 6.67. The van der Waals surface area contributed by atoms with Crippen LogP contribution in [0.15, 0.2) is 48.5 Å². The lowest BCUT2D eigenvalue weighted by Gasteiger charge is -2.16. The largest absolute Gasteiger partial charge is 0.464 e. The summed E-state index contributed by atoms with van der Waals surface area (Å²) in [5, 5.41) is 3.42. The molecule has 6 heteroatoms. The molecule has 0 radical (unpaired) electrons. The van der Waals surface area contributed by atoms with E-state index in [9.17, 15) is 4.79 Å². The molecule has 28 heavy (non-hydrogen) atoms. The van der Waals surface area contributed by atoms with E-state index in [2.05, 4.69) is 17.4 Å². The van der Waals surface area contributed by atoms with Gasteiger partial charge in [-0.1, -0.05) is 24.3 Å². The van der Waals surface area contributed by atoms with Crippen LogP contribution >= 0.6 is 12.0 Å². The Morgan fingerprint density at radius 1 is 1.00 bits per heavy atom. The van der Waals surface area contributed by atoms with Gasteiger partial charge in [0.1, 0.15) is 5.75 Å². The van der Waals surface area contributed by atoms with Gasteiger partial charge in [-0.3, -0.25) is 0 Å². The summed E-state index contributed by atoms with van der Waals surface area (Å²) in [6.45, 7) is 5.36. The van der Waals surface area contributed by atoms with E-state index in [1.807, 2.05) is 49.6 Å². The fourth-order valence-electron chi connectivity index (χ4n) is 2.78. The lowest BCUT2D eigenvalue weighted by molar-refractivity contribution is -0.156. The van der Waals surface area contributed by atoms with Crippen molar-refractivity contribution in [2.45, 2.75) is 32.8 Å². The second-order valence-electron chi connectivity index (χ2n) is 6.17. The summed E-state index contributed by atoms with van der Waals surface area (Å²) >= 11 is 1.34. The van der Waals surface area contributed by atoms with Gasteiger partial charge in [0.25, 0.3) is 0 Å². The molecule has 0 fully saturated rings. The van der Waals surface area contributed by atoms with Gasteiger partial charge in [0.2, 0.25) is 0 Å². The van der Waals surface area contributed by atoms with E-state index >= 15 is 0 Å². The van der Waals surface area contributed by atoms with Crippen molar-refractivity contribution in [1.29, 1.82) is 0 Å². The van der Waals surface area contributed by atoms with Crippen molar-refractivity contribution in [2.75, 3.05) is 31.3 Å². The molecule has 2 aromatic rings. The molecule has 0 saturated carbocycles. The van der Waals surface area contributed by atoms with Crippen molar-refractivity contribution in [2.24, 2.45) is 0 Å². The summed E-state index contributed by atoms with van der Waals surface area (Å²) in [6, 6.07) is 16.2. The summed E-state index contributed by atoms with van der Waals surface area (Å²) < 4.78 is 16.0. The smallest absolute Gasteiger partial charge is 0.335 e. The zero-order valence-electron chi connectivity index (χ0n) is 16.8. The lowest BCUT2D eigenvalue weighted by atomic mass is 10.1. The molecule has 0 aliphatic carbocycles. The van der Waals surface area contributed by atoms with Crippen LogP contribution in [0.25, 0.3) is 0 Å². The number of rotatable bonds is 12. The molecule has 0 aromatic heterocycles. The van der Waals surface area contributed by atoms with Crippen LogP contribution in [0.4, 0.5) is 5.69 Å². The summed E-state index contributed by atoms with van der Waals surface area (Å²) in [4.78, 5) is 12.0. The molecule has 2 aromatic carbocycles. The van der Waals surface area contributed by atoms with Gasteiger partial charge in [0.15, 0.2) is 6.10 Å². The standard InChI is InChI=1S/C22H29NO4S/c1-4-25-21(22(24)26-5-2)16-18-6-10-19(11-7-18)23-15-14-17-8-12-20(13-9-17)27-28-3/h6-13,21,23H,4-5,14-16H2,1-3H3. The summed E-state index contributed by atoms with van der Waals surface area (Å²) in [5.74, 6) is 0.563. The Bertz CT molecular complexity index is 703. The van der Waals surface area contributed by atoms with Gasteiger partial charge in [0, 0.05) is 31.5 Å². The van der Waals surface area contributed by atoms with Gasteiger partial charge in [-0.25, -0.2) is 4.79 Å². The molecule has 0 aliphatic rings. The first kappa shape index (κ1) is 22.1. The number of carbonyl (C=O) groups is 1. The van der Waals surface area contributed by atoms with Crippen LogP contribution in [-0.4, -0.2) is 38.1 Å². The zero-order valence-corrected chi connectivity index (χ0v) is 17.6. The molecule has 0 amide bonds. The number of esters is 1. The maximum atomic E-state index is 12.0. The zero-order chi connectivity index (χ0) is 20.2. The Hall–Kier alpha value is -2.18. The molecule has 0 saturated heterocycles. The lowest BCUT2D eigenvalue weighted by Crippen LogP contribution is -2.28. The maximum absolute atomic E-state index is 12.0. The van der Waals surface area contributed by atoms with Gasteiger partial charge in [0.05, 0.1) is 18.6 Å². The first-order valence-corrected chi connectivity index (χ1v) is 10.7. The van der Waals surface area contributed by atoms with E-state index in [1.54, 1.807) is 6.92 Å². The average Bonchev–Trinajstić information content (AvgIpc) is 2.70. The minimum Gasteiger partial charge on any atom is -0.464 e. The van der Waals surface area contributed by atoms with E-state index in [4.69, 9.17) is 13.7 Å². The van der Waals surface area contributed by atoms with Crippen molar-refractivity contribution in [3.8, 4) is 5.75 Å². The van der Waals surface area contributed by atoms with Crippen molar-refractivity contribution in [3.63, 3.8) is 0 Å². The summed E-state index contributed by atoms with van der Waals surface area (Å²) in [6.07, 6.45) is 2.78. The molecule has 1 atom stereocenters. The third-order valence-electron chi connectivity index (χ3n) is 4.14. The highest BCUT2D eigenvalue weighted by Crippen LogP contribution is 2.17. The first-order valence-electron chi connectivity index (χ1n) is 9.56. The van der Waals surface area contributed by atoms with Crippen molar-refractivity contribution in [3.05, 3.63) is 59.7 Å². The van der Waals surface area contributed by atoms with E-state index in [-0.39, 0.29) is 5.97 Å². The molecule has 5 nitrogen and oxygen atoms in total. The number of nitrogens with one attached hydrogen (secondary N) is 1. The van der Waals surface area contributed by atoms with Gasteiger partial charge in [-0.05, 0) is 55.7 Å². The van der Waals surface area contributed by atoms with Crippen LogP contribution in [-0.2, 0) is 27.1 Å². The Morgan fingerprint density at radius 3 is 2.29 bits per heavy atom. The van der Waals surface area contributed by atoms with E-state index < -0.39 is 6.10 Å². The highest BCUT2D eigenvalue weighted by atomic mass is 32.2. The molecule has 152 valence electrons. The number of anilines is 1. The second kappa shape index (κ2) is 12.3. The first-order chi connectivity index (χ1) is 13.7. The normalized spacial score (nSPS) is 11.7. The fourth-order valence-corrected chi connectivity index (χ4v) is 3.08. The predicted octanol–water partition coefficient (Wildman–Crippen LogP) is 4.51. The number of carbonyl (C=O) groups excluding carboxylic acids is 1. The van der Waals surface area contributed by atoms with Crippen molar-refractivity contribution >= 4 is 23.7 Å². The van der Waals surface area contributed by atoms with Gasteiger partial charge in [-0.15, -0.1) is 0 Å². The van der Waals surface area contributed by atoms with Crippen molar-refractivity contribution < 1.29 is 18.5 Å². The van der Waals surface area contributed by atoms with Crippen LogP contribution in [0.3, 0.4) is 0 Å². The van der Waals surface area contributed by atoms with Crippen LogP contribution in [0.1, 0.15) is 25.0 Å². The number of benzene rings is 2. The van der Waals surface area contributed by atoms with E-state index in [0.717, 1.165) is 30.0 Å². The van der Waals surface area contributed by atoms with E-state index in [1.165, 1.54) is 17.6 Å². The van der Waals surface area contributed by atoms with Crippen LogP contribution in [0.5, 0.6) is 5.75 Å². The molecule has 1 unspecified atom stereocenters. The highest BCUT2D eigenvalue weighted by molar-refractivity contribution is 7.94.